The average Bonchev–Trinajstić information content (AvgIpc) is 3.12. The van der Waals surface area contributed by atoms with Crippen LogP contribution >= 0.6 is 0 Å². The largest absolute Gasteiger partial charge is 0.360 e. The van der Waals surface area contributed by atoms with Crippen molar-refractivity contribution in [3.8, 4) is 0 Å². The summed E-state index contributed by atoms with van der Waals surface area (Å²) in [5.41, 5.74) is 2.89. The van der Waals surface area contributed by atoms with Gasteiger partial charge in [-0.3, -0.25) is 9.69 Å². The van der Waals surface area contributed by atoms with Crippen LogP contribution in [-0.2, 0) is 10.0 Å². The second-order valence-corrected chi connectivity index (χ2v) is 10.0. The predicted molar refractivity (Wildman–Crippen MR) is 118 cm³/mol. The van der Waals surface area contributed by atoms with Crippen LogP contribution in [0.1, 0.15) is 40.9 Å². The van der Waals surface area contributed by atoms with E-state index in [0.717, 1.165) is 16.6 Å². The zero-order valence-corrected chi connectivity index (χ0v) is 19.1. The van der Waals surface area contributed by atoms with Gasteiger partial charge in [0.05, 0.1) is 6.04 Å². The number of benzene rings is 1. The van der Waals surface area contributed by atoms with Gasteiger partial charge in [-0.25, -0.2) is 8.42 Å². The number of ketones is 1. The van der Waals surface area contributed by atoms with E-state index in [1.807, 2.05) is 38.1 Å². The van der Waals surface area contributed by atoms with Gasteiger partial charge >= 0.3 is 0 Å². The molecule has 4 rings (SSSR count). The molecule has 1 atom stereocenters. The Kier molecular flexibility index (Phi) is 5.76. The molecule has 3 heterocycles. The minimum Gasteiger partial charge on any atom is -0.360 e. The van der Waals surface area contributed by atoms with Gasteiger partial charge in [0, 0.05) is 48.3 Å². The highest BCUT2D eigenvalue weighted by Gasteiger charge is 2.34. The number of aromatic nitrogens is 2. The van der Waals surface area contributed by atoms with Crippen LogP contribution < -0.4 is 0 Å². The van der Waals surface area contributed by atoms with Crippen LogP contribution in [0.2, 0.25) is 0 Å². The molecular formula is C22H28N4O4S. The molecule has 3 aromatic rings. The molecule has 9 heteroatoms. The number of carbonyl (C=O) groups is 1. The standard InChI is InChI=1S/C22H28N4O4S/c1-14-20(18-8-5-6-9-19(18)23-14)21(27)16(3)25-10-7-11-26(13-12-25)31(28,29)22-15(2)24-30-17(22)4/h5-6,8-9,16,23H,7,10-13H2,1-4H3/t16-/m1/s1. The van der Waals surface area contributed by atoms with Gasteiger partial charge in [0.2, 0.25) is 10.0 Å². The van der Waals surface area contributed by atoms with Gasteiger partial charge < -0.3 is 9.51 Å². The summed E-state index contributed by atoms with van der Waals surface area (Å²) in [6.07, 6.45) is 0.646. The lowest BCUT2D eigenvalue weighted by Crippen LogP contribution is -2.42. The molecule has 0 bridgehead atoms. The number of carbonyl (C=O) groups excluding carboxylic acids is 1. The lowest BCUT2D eigenvalue weighted by Gasteiger charge is -2.27. The molecule has 0 aliphatic carbocycles. The smallest absolute Gasteiger partial charge is 0.248 e. The zero-order chi connectivity index (χ0) is 22.3. The van der Waals surface area contributed by atoms with Crippen molar-refractivity contribution in [3.05, 3.63) is 47.0 Å². The van der Waals surface area contributed by atoms with Crippen LogP contribution in [0, 0.1) is 20.8 Å². The Morgan fingerprint density at radius 2 is 1.87 bits per heavy atom. The van der Waals surface area contributed by atoms with Gasteiger partial charge in [0.25, 0.3) is 0 Å². The summed E-state index contributed by atoms with van der Waals surface area (Å²) in [4.78, 5) is 18.9. The molecule has 8 nitrogen and oxygen atoms in total. The number of nitrogens with zero attached hydrogens (tertiary/aromatic N) is 3. The third kappa shape index (κ3) is 3.81. The van der Waals surface area contributed by atoms with Crippen LogP contribution in [0.5, 0.6) is 0 Å². The summed E-state index contributed by atoms with van der Waals surface area (Å²) >= 11 is 0. The highest BCUT2D eigenvalue weighted by molar-refractivity contribution is 7.89. The van der Waals surface area contributed by atoms with Crippen LogP contribution in [0.4, 0.5) is 0 Å². The van der Waals surface area contributed by atoms with Crippen LogP contribution in [0.15, 0.2) is 33.7 Å². The van der Waals surface area contributed by atoms with E-state index in [1.165, 1.54) is 4.31 Å². The van der Waals surface area contributed by atoms with E-state index < -0.39 is 10.0 Å². The first kappa shape index (κ1) is 21.7. The number of hydrogen-bond donors (Lipinski definition) is 1. The third-order valence-corrected chi connectivity index (χ3v) is 8.27. The Morgan fingerprint density at radius 1 is 1.13 bits per heavy atom. The number of aryl methyl sites for hydroxylation is 3. The van der Waals surface area contributed by atoms with Crippen molar-refractivity contribution in [3.63, 3.8) is 0 Å². The van der Waals surface area contributed by atoms with Crippen molar-refractivity contribution in [1.29, 1.82) is 0 Å². The van der Waals surface area contributed by atoms with Crippen LogP contribution in [0.3, 0.4) is 0 Å². The molecule has 1 saturated heterocycles. The summed E-state index contributed by atoms with van der Waals surface area (Å²) in [5, 5.41) is 4.72. The molecule has 31 heavy (non-hydrogen) atoms. The molecule has 1 N–H and O–H groups in total. The van der Waals surface area contributed by atoms with E-state index in [9.17, 15) is 13.2 Å². The van der Waals surface area contributed by atoms with Crippen molar-refractivity contribution in [2.45, 2.75) is 45.1 Å². The summed E-state index contributed by atoms with van der Waals surface area (Å²) in [5.74, 6) is 0.356. The van der Waals surface area contributed by atoms with Gasteiger partial charge in [-0.2, -0.15) is 4.31 Å². The number of sulfonamides is 1. The number of hydrogen-bond acceptors (Lipinski definition) is 6. The number of rotatable bonds is 5. The van der Waals surface area contributed by atoms with Crippen molar-refractivity contribution >= 4 is 26.7 Å². The zero-order valence-electron chi connectivity index (χ0n) is 18.3. The van der Waals surface area contributed by atoms with E-state index in [-0.39, 0.29) is 16.7 Å². The molecule has 2 aromatic heterocycles. The summed E-state index contributed by atoms with van der Waals surface area (Å²) < 4.78 is 32.9. The Labute approximate surface area is 182 Å². The summed E-state index contributed by atoms with van der Waals surface area (Å²) in [7, 11) is -3.69. The highest BCUT2D eigenvalue weighted by atomic mass is 32.2. The summed E-state index contributed by atoms with van der Waals surface area (Å²) in [6, 6.07) is 7.45. The van der Waals surface area contributed by atoms with E-state index in [2.05, 4.69) is 15.0 Å². The molecule has 0 radical (unpaired) electrons. The average molecular weight is 445 g/mol. The first-order valence-corrected chi connectivity index (χ1v) is 11.9. The molecule has 0 spiro atoms. The van der Waals surface area contributed by atoms with Crippen molar-refractivity contribution < 1.29 is 17.7 Å². The Hall–Kier alpha value is -2.49. The number of fused-ring (bicyclic) bond motifs is 1. The number of para-hydroxylation sites is 1. The van der Waals surface area contributed by atoms with Crippen molar-refractivity contribution in [2.75, 3.05) is 26.2 Å². The molecule has 0 unspecified atom stereocenters. The van der Waals surface area contributed by atoms with Crippen molar-refractivity contribution in [2.24, 2.45) is 0 Å². The fraction of sp³-hybridized carbons (Fsp3) is 0.455. The van der Waals surface area contributed by atoms with E-state index in [1.54, 1.807) is 13.8 Å². The summed E-state index contributed by atoms with van der Waals surface area (Å²) in [6.45, 7) is 8.92. The molecule has 1 aliphatic heterocycles. The molecule has 1 aromatic carbocycles. The van der Waals surface area contributed by atoms with Crippen LogP contribution in [-0.4, -0.2) is 65.8 Å². The van der Waals surface area contributed by atoms with Gasteiger partial charge in [0.1, 0.15) is 10.6 Å². The molecule has 166 valence electrons. The maximum Gasteiger partial charge on any atom is 0.248 e. The van der Waals surface area contributed by atoms with Gasteiger partial charge in [-0.1, -0.05) is 23.4 Å². The first-order chi connectivity index (χ1) is 14.7. The second-order valence-electron chi connectivity index (χ2n) is 8.16. The third-order valence-electron chi connectivity index (χ3n) is 6.12. The molecule has 0 saturated carbocycles. The van der Waals surface area contributed by atoms with Gasteiger partial charge in [0.15, 0.2) is 11.5 Å². The van der Waals surface area contributed by atoms with E-state index in [0.29, 0.717) is 49.6 Å². The Bertz CT molecular complexity index is 1210. The van der Waals surface area contributed by atoms with Crippen molar-refractivity contribution in [1.82, 2.24) is 19.3 Å². The number of Topliss-reactive ketones (excluding diaryl/α,β-unsaturated/α-hetero) is 1. The molecule has 1 fully saturated rings. The topological polar surface area (TPSA) is 99.5 Å². The maximum atomic E-state index is 13.4. The molecule has 0 amide bonds. The van der Waals surface area contributed by atoms with Gasteiger partial charge in [-0.15, -0.1) is 0 Å². The quantitative estimate of drug-likeness (QED) is 0.607. The molecular weight excluding hydrogens is 416 g/mol. The first-order valence-electron chi connectivity index (χ1n) is 10.5. The SMILES string of the molecule is Cc1noc(C)c1S(=O)(=O)N1CCCN([C@H](C)C(=O)c2c(C)[nH]c3ccccc23)CC1. The maximum absolute atomic E-state index is 13.4. The highest BCUT2D eigenvalue weighted by Crippen LogP contribution is 2.27. The fourth-order valence-electron chi connectivity index (χ4n) is 4.48. The monoisotopic (exact) mass is 444 g/mol. The Balaban J connectivity index is 1.53. The minimum atomic E-state index is -3.69. The number of aromatic amines is 1. The fourth-order valence-corrected chi connectivity index (χ4v) is 6.24. The Morgan fingerprint density at radius 3 is 2.58 bits per heavy atom. The van der Waals surface area contributed by atoms with E-state index in [4.69, 9.17) is 4.52 Å². The predicted octanol–water partition coefficient (Wildman–Crippen LogP) is 3.05. The number of nitrogens with one attached hydrogen (secondary N) is 1. The number of H-pyrrole nitrogens is 1. The lowest BCUT2D eigenvalue weighted by atomic mass is 10.0. The normalized spacial score (nSPS) is 17.7. The second kappa shape index (κ2) is 8.22. The minimum absolute atomic E-state index is 0.0528. The van der Waals surface area contributed by atoms with E-state index >= 15 is 0 Å². The van der Waals surface area contributed by atoms with Gasteiger partial charge in [-0.05, 0) is 40.2 Å². The lowest BCUT2D eigenvalue weighted by molar-refractivity contribution is 0.0846. The van der Waals surface area contributed by atoms with Crippen LogP contribution in [0.25, 0.3) is 10.9 Å². The molecule has 1 aliphatic rings.